The molecule has 0 aliphatic carbocycles. The fourth-order valence-electron chi connectivity index (χ4n) is 0.408. The molecule has 0 spiro atoms. The molecule has 0 aromatic carbocycles. The summed E-state index contributed by atoms with van der Waals surface area (Å²) in [5.41, 5.74) is 0.542. The molecule has 0 rings (SSSR count). The van der Waals surface area contributed by atoms with Crippen molar-refractivity contribution in [3.63, 3.8) is 0 Å². The Labute approximate surface area is 60.7 Å². The highest BCUT2D eigenvalue weighted by Crippen LogP contribution is 2.28. The highest BCUT2D eigenvalue weighted by Gasteiger charge is 2.18. The molecule has 0 aliphatic rings. The van der Waals surface area contributed by atoms with Crippen LogP contribution in [0.25, 0.3) is 0 Å². The second kappa shape index (κ2) is 3.92. The standard InChI is InChI=1S/C8H18.CH4/c1-6-8(4,5)7(2)3;/h7H,6H2,1-5H3;1H4. The van der Waals surface area contributed by atoms with E-state index in [1.165, 1.54) is 6.42 Å². The van der Waals surface area contributed by atoms with Crippen LogP contribution >= 0.6 is 0 Å². The van der Waals surface area contributed by atoms with Crippen LogP contribution in [-0.2, 0) is 0 Å². The maximum Gasteiger partial charge on any atom is -0.0334 e. The minimum absolute atomic E-state index is 0. The van der Waals surface area contributed by atoms with Crippen molar-refractivity contribution in [1.29, 1.82) is 0 Å². The van der Waals surface area contributed by atoms with E-state index in [1.807, 2.05) is 0 Å². The molecular formula is C9H22. The smallest absolute Gasteiger partial charge is 0.0334 e. The van der Waals surface area contributed by atoms with E-state index in [2.05, 4.69) is 34.6 Å². The molecule has 0 radical (unpaired) electrons. The van der Waals surface area contributed by atoms with E-state index in [4.69, 9.17) is 0 Å². The van der Waals surface area contributed by atoms with E-state index >= 15 is 0 Å². The molecule has 0 amide bonds. The Balaban J connectivity index is 0. The molecule has 0 aromatic rings. The van der Waals surface area contributed by atoms with Gasteiger partial charge >= 0.3 is 0 Å². The zero-order valence-electron chi connectivity index (χ0n) is 6.78. The Bertz CT molecular complexity index is 60.4. The van der Waals surface area contributed by atoms with Gasteiger partial charge in [-0.2, -0.15) is 0 Å². The van der Waals surface area contributed by atoms with Crippen LogP contribution in [0.3, 0.4) is 0 Å². The normalized spacial score (nSPS) is 11.3. The van der Waals surface area contributed by atoms with E-state index in [-0.39, 0.29) is 7.43 Å². The number of hydrogen-bond acceptors (Lipinski definition) is 0. The van der Waals surface area contributed by atoms with Gasteiger partial charge < -0.3 is 0 Å². The summed E-state index contributed by atoms with van der Waals surface area (Å²) in [4.78, 5) is 0. The molecule has 0 saturated heterocycles. The summed E-state index contributed by atoms with van der Waals surface area (Å²) < 4.78 is 0. The maximum absolute atomic E-state index is 2.32. The average Bonchev–Trinajstić information content (AvgIpc) is 1.67. The molecule has 0 aromatic heterocycles. The van der Waals surface area contributed by atoms with Crippen LogP contribution in [0.1, 0.15) is 48.5 Å². The first-order valence-corrected chi connectivity index (χ1v) is 3.50. The maximum atomic E-state index is 2.32. The van der Waals surface area contributed by atoms with Crippen molar-refractivity contribution in [2.75, 3.05) is 0 Å². The van der Waals surface area contributed by atoms with Gasteiger partial charge in [0.2, 0.25) is 0 Å². The summed E-state index contributed by atoms with van der Waals surface area (Å²) in [6, 6.07) is 0. The SMILES string of the molecule is C.CCC(C)(C)C(C)C. The van der Waals surface area contributed by atoms with Crippen molar-refractivity contribution in [3.05, 3.63) is 0 Å². The van der Waals surface area contributed by atoms with Gasteiger partial charge in [-0.05, 0) is 11.3 Å². The Kier molecular flexibility index (Phi) is 5.12. The van der Waals surface area contributed by atoms with Crippen LogP contribution in [0.15, 0.2) is 0 Å². The third-order valence-corrected chi connectivity index (χ3v) is 2.47. The van der Waals surface area contributed by atoms with Crippen LogP contribution in [0.4, 0.5) is 0 Å². The van der Waals surface area contributed by atoms with Gasteiger partial charge in [-0.15, -0.1) is 0 Å². The first-order valence-electron chi connectivity index (χ1n) is 3.50. The van der Waals surface area contributed by atoms with Gasteiger partial charge in [-0.25, -0.2) is 0 Å². The molecule has 9 heavy (non-hydrogen) atoms. The summed E-state index contributed by atoms with van der Waals surface area (Å²) in [6.45, 7) is 11.4. The largest absolute Gasteiger partial charge is 0.0776 e. The van der Waals surface area contributed by atoms with Gasteiger partial charge in [0.25, 0.3) is 0 Å². The topological polar surface area (TPSA) is 0 Å². The van der Waals surface area contributed by atoms with E-state index in [9.17, 15) is 0 Å². The van der Waals surface area contributed by atoms with Gasteiger partial charge in [0.15, 0.2) is 0 Å². The molecule has 0 heteroatoms. The quantitative estimate of drug-likeness (QED) is 0.534. The third-order valence-electron chi connectivity index (χ3n) is 2.47. The summed E-state index contributed by atoms with van der Waals surface area (Å²) in [5, 5.41) is 0. The summed E-state index contributed by atoms with van der Waals surface area (Å²) in [7, 11) is 0. The lowest BCUT2D eigenvalue weighted by Crippen LogP contribution is -2.17. The second-order valence-corrected chi connectivity index (χ2v) is 3.50. The highest BCUT2D eigenvalue weighted by molar-refractivity contribution is 4.69. The van der Waals surface area contributed by atoms with Gasteiger partial charge in [0.1, 0.15) is 0 Å². The predicted octanol–water partition coefficient (Wildman–Crippen LogP) is 3.71. The molecule has 0 fully saturated rings. The van der Waals surface area contributed by atoms with Crippen LogP contribution < -0.4 is 0 Å². The molecule has 0 atom stereocenters. The first kappa shape index (κ1) is 11.8. The molecule has 0 nitrogen and oxygen atoms in total. The van der Waals surface area contributed by atoms with Crippen molar-refractivity contribution in [2.45, 2.75) is 48.5 Å². The van der Waals surface area contributed by atoms with Crippen LogP contribution in [0, 0.1) is 11.3 Å². The zero-order chi connectivity index (χ0) is 6.78. The van der Waals surface area contributed by atoms with Crippen molar-refractivity contribution in [1.82, 2.24) is 0 Å². The Morgan fingerprint density at radius 3 is 1.56 bits per heavy atom. The zero-order valence-corrected chi connectivity index (χ0v) is 6.78. The van der Waals surface area contributed by atoms with Crippen LogP contribution in [0.5, 0.6) is 0 Å². The van der Waals surface area contributed by atoms with E-state index in [0.29, 0.717) is 5.41 Å². The predicted molar refractivity (Wildman–Crippen MR) is 45.6 cm³/mol. The minimum atomic E-state index is 0. The Morgan fingerprint density at radius 1 is 1.22 bits per heavy atom. The van der Waals surface area contributed by atoms with Crippen molar-refractivity contribution in [3.8, 4) is 0 Å². The van der Waals surface area contributed by atoms with E-state index in [0.717, 1.165) is 5.92 Å². The van der Waals surface area contributed by atoms with Crippen LogP contribution in [-0.4, -0.2) is 0 Å². The van der Waals surface area contributed by atoms with Gasteiger partial charge in [-0.1, -0.05) is 48.5 Å². The van der Waals surface area contributed by atoms with E-state index < -0.39 is 0 Å². The Morgan fingerprint density at radius 2 is 1.56 bits per heavy atom. The van der Waals surface area contributed by atoms with Crippen LogP contribution in [0.2, 0.25) is 0 Å². The lowest BCUT2D eigenvalue weighted by Gasteiger charge is -2.27. The van der Waals surface area contributed by atoms with Gasteiger partial charge in [0.05, 0.1) is 0 Å². The monoisotopic (exact) mass is 130 g/mol. The molecular weight excluding hydrogens is 108 g/mol. The molecule has 0 aliphatic heterocycles. The summed E-state index contributed by atoms with van der Waals surface area (Å²) >= 11 is 0. The fourth-order valence-corrected chi connectivity index (χ4v) is 0.408. The highest BCUT2D eigenvalue weighted by atomic mass is 14.2. The van der Waals surface area contributed by atoms with Crippen molar-refractivity contribution < 1.29 is 0 Å². The van der Waals surface area contributed by atoms with Gasteiger partial charge in [0, 0.05) is 0 Å². The summed E-state index contributed by atoms with van der Waals surface area (Å²) in [6.07, 6.45) is 1.28. The fraction of sp³-hybridized carbons (Fsp3) is 1.00. The molecule has 0 N–H and O–H groups in total. The first-order chi connectivity index (χ1) is 3.50. The lowest BCUT2D eigenvalue weighted by atomic mass is 9.79. The molecule has 0 saturated carbocycles. The van der Waals surface area contributed by atoms with Crippen molar-refractivity contribution >= 4 is 0 Å². The Hall–Kier alpha value is 0. The molecule has 0 bridgehead atoms. The van der Waals surface area contributed by atoms with Gasteiger partial charge in [-0.3, -0.25) is 0 Å². The third kappa shape index (κ3) is 3.56. The molecule has 58 valence electrons. The molecule has 0 heterocycles. The minimum Gasteiger partial charge on any atom is -0.0776 e. The number of hydrogen-bond donors (Lipinski definition) is 0. The average molecular weight is 130 g/mol. The number of rotatable bonds is 2. The second-order valence-electron chi connectivity index (χ2n) is 3.50. The summed E-state index contributed by atoms with van der Waals surface area (Å²) in [5.74, 6) is 0.812. The molecule has 0 unspecified atom stereocenters. The van der Waals surface area contributed by atoms with Crippen molar-refractivity contribution in [2.24, 2.45) is 11.3 Å². The van der Waals surface area contributed by atoms with E-state index in [1.54, 1.807) is 0 Å². The lowest BCUT2D eigenvalue weighted by molar-refractivity contribution is 0.240.